The smallest absolute Gasteiger partial charge is 0.327 e. The van der Waals surface area contributed by atoms with Gasteiger partial charge in [0.15, 0.2) is 0 Å². The van der Waals surface area contributed by atoms with Crippen molar-refractivity contribution in [3.8, 4) is 0 Å². The predicted molar refractivity (Wildman–Crippen MR) is 50.6 cm³/mol. The molecule has 1 fully saturated rings. The highest BCUT2D eigenvalue weighted by molar-refractivity contribution is 6.02. The summed E-state index contributed by atoms with van der Waals surface area (Å²) in [5.74, 6) is -1.23. The fourth-order valence-corrected chi connectivity index (χ4v) is 1.43. The molecule has 2 N–H and O–H groups in total. The lowest BCUT2D eigenvalue weighted by atomic mass is 10.0. The van der Waals surface area contributed by atoms with Gasteiger partial charge in [0.25, 0.3) is 0 Å². The molecule has 6 nitrogen and oxygen atoms in total. The highest BCUT2D eigenvalue weighted by Crippen LogP contribution is 2.15. The van der Waals surface area contributed by atoms with Crippen LogP contribution in [0, 0.1) is 0 Å². The van der Waals surface area contributed by atoms with Gasteiger partial charge in [-0.15, -0.1) is 0 Å². The summed E-state index contributed by atoms with van der Waals surface area (Å²) in [6.07, 6.45) is 0.381. The number of esters is 1. The molecule has 0 aromatic heterocycles. The number of ether oxygens (including phenoxy) is 1. The number of rotatable bonds is 3. The van der Waals surface area contributed by atoms with Gasteiger partial charge in [0, 0.05) is 12.8 Å². The Morgan fingerprint density at radius 1 is 1.47 bits per heavy atom. The largest absolute Gasteiger partial charge is 0.468 e. The molecule has 84 valence electrons. The van der Waals surface area contributed by atoms with Gasteiger partial charge < -0.3 is 10.5 Å². The lowest BCUT2D eigenvalue weighted by Crippen LogP contribution is -2.55. The Balaban J connectivity index is 2.72. The van der Waals surface area contributed by atoms with Gasteiger partial charge in [0.1, 0.15) is 5.54 Å². The molecule has 0 spiro atoms. The molecule has 15 heavy (non-hydrogen) atoms. The predicted octanol–water partition coefficient (Wildman–Crippen LogP) is -0.974. The van der Waals surface area contributed by atoms with Gasteiger partial charge in [0.05, 0.1) is 13.7 Å². The Bertz CT molecular complexity index is 295. The summed E-state index contributed by atoms with van der Waals surface area (Å²) in [6, 6.07) is 0. The summed E-state index contributed by atoms with van der Waals surface area (Å²) < 4.78 is 4.48. The number of nitrogens with two attached hydrogens (primary N) is 1. The van der Waals surface area contributed by atoms with Crippen LogP contribution in [0.3, 0.4) is 0 Å². The summed E-state index contributed by atoms with van der Waals surface area (Å²) >= 11 is 0. The molecule has 0 radical (unpaired) electrons. The Morgan fingerprint density at radius 3 is 2.33 bits per heavy atom. The lowest BCUT2D eigenvalue weighted by Gasteiger charge is -2.26. The normalized spacial score (nSPS) is 20.3. The second-order valence-corrected chi connectivity index (χ2v) is 3.78. The number of amides is 2. The van der Waals surface area contributed by atoms with Crippen molar-refractivity contribution in [2.75, 3.05) is 13.7 Å². The van der Waals surface area contributed by atoms with E-state index in [4.69, 9.17) is 5.73 Å². The molecule has 1 aliphatic heterocycles. The number of carbonyl (C=O) groups is 3. The number of imide groups is 1. The van der Waals surface area contributed by atoms with Crippen LogP contribution in [0.4, 0.5) is 0 Å². The van der Waals surface area contributed by atoms with E-state index >= 15 is 0 Å². The SMILES string of the molecule is COC(=O)C(C)(N)CN1C(=O)CCC1=O. The van der Waals surface area contributed by atoms with E-state index in [0.29, 0.717) is 0 Å². The molecule has 1 aliphatic rings. The maximum Gasteiger partial charge on any atom is 0.327 e. The van der Waals surface area contributed by atoms with Gasteiger partial charge in [-0.1, -0.05) is 0 Å². The van der Waals surface area contributed by atoms with E-state index in [2.05, 4.69) is 4.74 Å². The van der Waals surface area contributed by atoms with E-state index in [9.17, 15) is 14.4 Å². The third kappa shape index (κ3) is 2.33. The quantitative estimate of drug-likeness (QED) is 0.482. The summed E-state index contributed by atoms with van der Waals surface area (Å²) in [7, 11) is 1.21. The summed E-state index contributed by atoms with van der Waals surface area (Å²) in [5.41, 5.74) is 4.31. The zero-order valence-corrected chi connectivity index (χ0v) is 8.78. The van der Waals surface area contributed by atoms with Crippen LogP contribution in [-0.2, 0) is 19.1 Å². The van der Waals surface area contributed by atoms with Crippen molar-refractivity contribution in [1.82, 2.24) is 4.90 Å². The minimum Gasteiger partial charge on any atom is -0.468 e. The Labute approximate surface area is 87.4 Å². The molecular weight excluding hydrogens is 200 g/mol. The van der Waals surface area contributed by atoms with Crippen molar-refractivity contribution in [1.29, 1.82) is 0 Å². The molecule has 0 aromatic carbocycles. The zero-order chi connectivity index (χ0) is 11.6. The van der Waals surface area contributed by atoms with Crippen molar-refractivity contribution in [3.63, 3.8) is 0 Å². The molecule has 2 amide bonds. The van der Waals surface area contributed by atoms with Crippen LogP contribution >= 0.6 is 0 Å². The van der Waals surface area contributed by atoms with E-state index in [1.165, 1.54) is 14.0 Å². The fraction of sp³-hybridized carbons (Fsp3) is 0.667. The zero-order valence-electron chi connectivity index (χ0n) is 8.78. The Hall–Kier alpha value is -1.43. The van der Waals surface area contributed by atoms with Gasteiger partial charge in [-0.2, -0.15) is 0 Å². The molecule has 1 atom stereocenters. The summed E-state index contributed by atoms with van der Waals surface area (Å²) in [4.78, 5) is 34.8. The number of hydrogen-bond acceptors (Lipinski definition) is 5. The van der Waals surface area contributed by atoms with E-state index in [1.54, 1.807) is 0 Å². The average molecular weight is 214 g/mol. The first kappa shape index (κ1) is 11.6. The second kappa shape index (κ2) is 3.98. The van der Waals surface area contributed by atoms with E-state index in [-0.39, 0.29) is 31.2 Å². The van der Waals surface area contributed by atoms with Crippen LogP contribution in [-0.4, -0.2) is 41.9 Å². The number of likely N-dealkylation sites (tertiary alicyclic amines) is 1. The van der Waals surface area contributed by atoms with Crippen LogP contribution in [0.5, 0.6) is 0 Å². The molecule has 1 unspecified atom stereocenters. The monoisotopic (exact) mass is 214 g/mol. The molecule has 6 heteroatoms. The first-order chi connectivity index (χ1) is 6.88. The topological polar surface area (TPSA) is 89.7 Å². The standard InChI is InChI=1S/C9H14N2O4/c1-9(10,8(14)15-2)5-11-6(12)3-4-7(11)13/h3-5,10H2,1-2H3. The maximum absolute atomic E-state index is 11.3. The first-order valence-corrected chi connectivity index (χ1v) is 4.59. The molecule has 0 aliphatic carbocycles. The van der Waals surface area contributed by atoms with Crippen molar-refractivity contribution >= 4 is 17.8 Å². The van der Waals surface area contributed by atoms with Crippen molar-refractivity contribution in [2.24, 2.45) is 5.73 Å². The molecule has 1 saturated heterocycles. The number of carbonyl (C=O) groups excluding carboxylic acids is 3. The third-order valence-electron chi connectivity index (χ3n) is 2.29. The third-order valence-corrected chi connectivity index (χ3v) is 2.29. The highest BCUT2D eigenvalue weighted by Gasteiger charge is 2.38. The summed E-state index contributed by atoms with van der Waals surface area (Å²) in [6.45, 7) is 1.30. The minimum atomic E-state index is -1.34. The molecule has 1 rings (SSSR count). The van der Waals surface area contributed by atoms with Crippen LogP contribution < -0.4 is 5.73 Å². The first-order valence-electron chi connectivity index (χ1n) is 4.59. The number of nitrogens with zero attached hydrogens (tertiary/aromatic N) is 1. The van der Waals surface area contributed by atoms with Crippen molar-refractivity contribution < 1.29 is 19.1 Å². The maximum atomic E-state index is 11.3. The van der Waals surface area contributed by atoms with Crippen LogP contribution in [0.15, 0.2) is 0 Å². The fourth-order valence-electron chi connectivity index (χ4n) is 1.43. The van der Waals surface area contributed by atoms with Gasteiger partial charge >= 0.3 is 5.97 Å². The molecule has 0 aromatic rings. The Morgan fingerprint density at radius 2 is 1.93 bits per heavy atom. The van der Waals surface area contributed by atoms with E-state index in [0.717, 1.165) is 4.90 Å². The average Bonchev–Trinajstić information content (AvgIpc) is 2.47. The van der Waals surface area contributed by atoms with Crippen LogP contribution in [0.25, 0.3) is 0 Å². The minimum absolute atomic E-state index is 0.128. The van der Waals surface area contributed by atoms with Gasteiger partial charge in [-0.3, -0.25) is 19.3 Å². The van der Waals surface area contributed by atoms with Gasteiger partial charge in [-0.25, -0.2) is 0 Å². The Kier molecular flexibility index (Phi) is 3.09. The van der Waals surface area contributed by atoms with Gasteiger partial charge in [-0.05, 0) is 6.92 Å². The van der Waals surface area contributed by atoms with Gasteiger partial charge in [0.2, 0.25) is 11.8 Å². The van der Waals surface area contributed by atoms with E-state index < -0.39 is 11.5 Å². The van der Waals surface area contributed by atoms with Crippen LogP contribution in [0.2, 0.25) is 0 Å². The summed E-state index contributed by atoms with van der Waals surface area (Å²) in [5, 5.41) is 0. The van der Waals surface area contributed by atoms with Crippen molar-refractivity contribution in [3.05, 3.63) is 0 Å². The molecule has 0 saturated carbocycles. The molecule has 0 bridgehead atoms. The van der Waals surface area contributed by atoms with Crippen molar-refractivity contribution in [2.45, 2.75) is 25.3 Å². The van der Waals surface area contributed by atoms with Crippen LogP contribution in [0.1, 0.15) is 19.8 Å². The molecular formula is C9H14N2O4. The molecule has 1 heterocycles. The number of hydrogen-bond donors (Lipinski definition) is 1. The van der Waals surface area contributed by atoms with E-state index in [1.807, 2.05) is 0 Å². The second-order valence-electron chi connectivity index (χ2n) is 3.78. The lowest BCUT2D eigenvalue weighted by molar-refractivity contribution is -0.149. The number of methoxy groups -OCH3 is 1. The highest BCUT2D eigenvalue weighted by atomic mass is 16.5.